The lowest BCUT2D eigenvalue weighted by atomic mass is 9.87. The molecule has 5 heteroatoms. The van der Waals surface area contributed by atoms with Crippen LogP contribution < -0.4 is 10.6 Å². The molecule has 21 heavy (non-hydrogen) atoms. The molecular formula is C16H23FN2O2. The number of amides is 2. The first-order valence-corrected chi connectivity index (χ1v) is 7.49. The van der Waals surface area contributed by atoms with Crippen LogP contribution in [0.1, 0.15) is 36.8 Å². The maximum absolute atomic E-state index is 13.4. The minimum Gasteiger partial charge on any atom is -0.393 e. The summed E-state index contributed by atoms with van der Waals surface area (Å²) >= 11 is 0. The molecule has 0 aromatic heterocycles. The van der Waals surface area contributed by atoms with Gasteiger partial charge in [-0.25, -0.2) is 9.18 Å². The van der Waals surface area contributed by atoms with Crippen molar-refractivity contribution in [2.24, 2.45) is 5.92 Å². The molecule has 1 aromatic rings. The van der Waals surface area contributed by atoms with Gasteiger partial charge in [-0.05, 0) is 49.3 Å². The van der Waals surface area contributed by atoms with E-state index in [2.05, 4.69) is 10.6 Å². The van der Waals surface area contributed by atoms with E-state index in [1.807, 2.05) is 0 Å². The van der Waals surface area contributed by atoms with Crippen molar-refractivity contribution in [1.29, 1.82) is 0 Å². The van der Waals surface area contributed by atoms with Crippen molar-refractivity contribution in [3.8, 4) is 0 Å². The van der Waals surface area contributed by atoms with Crippen molar-refractivity contribution in [1.82, 2.24) is 10.6 Å². The molecule has 2 rings (SSSR count). The van der Waals surface area contributed by atoms with Crippen LogP contribution in [0.2, 0.25) is 0 Å². The number of carbonyl (C=O) groups is 1. The maximum Gasteiger partial charge on any atom is 0.315 e. The fourth-order valence-corrected chi connectivity index (χ4v) is 2.68. The van der Waals surface area contributed by atoms with E-state index < -0.39 is 0 Å². The van der Waals surface area contributed by atoms with Crippen LogP contribution in [-0.4, -0.2) is 23.8 Å². The number of hydrogen-bond donors (Lipinski definition) is 3. The third-order valence-electron chi connectivity index (χ3n) is 4.00. The molecule has 0 heterocycles. The summed E-state index contributed by atoms with van der Waals surface area (Å²) < 4.78 is 13.4. The Balaban J connectivity index is 1.70. The first-order valence-electron chi connectivity index (χ1n) is 7.49. The lowest BCUT2D eigenvalue weighted by Crippen LogP contribution is -2.39. The largest absolute Gasteiger partial charge is 0.393 e. The molecule has 2 amide bonds. The SMILES string of the molecule is Cc1ccc(CNC(=O)NCC2CCCC(O)C2)cc1F. The van der Waals surface area contributed by atoms with Crippen LogP contribution in [-0.2, 0) is 6.54 Å². The van der Waals surface area contributed by atoms with Gasteiger partial charge in [-0.15, -0.1) is 0 Å². The molecule has 4 nitrogen and oxygen atoms in total. The molecule has 1 saturated carbocycles. The van der Waals surface area contributed by atoms with Gasteiger partial charge >= 0.3 is 6.03 Å². The highest BCUT2D eigenvalue weighted by atomic mass is 19.1. The zero-order valence-electron chi connectivity index (χ0n) is 12.4. The first-order chi connectivity index (χ1) is 10.0. The molecule has 0 bridgehead atoms. The number of aliphatic hydroxyl groups is 1. The summed E-state index contributed by atoms with van der Waals surface area (Å²) in [7, 11) is 0. The second-order valence-electron chi connectivity index (χ2n) is 5.83. The van der Waals surface area contributed by atoms with Crippen molar-refractivity contribution < 1.29 is 14.3 Å². The van der Waals surface area contributed by atoms with E-state index in [1.165, 1.54) is 6.07 Å². The van der Waals surface area contributed by atoms with Gasteiger partial charge in [-0.1, -0.05) is 18.6 Å². The van der Waals surface area contributed by atoms with Gasteiger partial charge < -0.3 is 15.7 Å². The molecule has 0 saturated heterocycles. The van der Waals surface area contributed by atoms with Crippen LogP contribution in [0.3, 0.4) is 0 Å². The molecule has 0 spiro atoms. The van der Waals surface area contributed by atoms with Crippen molar-refractivity contribution >= 4 is 6.03 Å². The third kappa shape index (κ3) is 5.01. The van der Waals surface area contributed by atoms with E-state index in [4.69, 9.17) is 0 Å². The van der Waals surface area contributed by atoms with Gasteiger partial charge in [0, 0.05) is 13.1 Å². The zero-order valence-corrected chi connectivity index (χ0v) is 12.4. The summed E-state index contributed by atoms with van der Waals surface area (Å²) in [6, 6.07) is 4.69. The Morgan fingerprint density at radius 1 is 1.38 bits per heavy atom. The van der Waals surface area contributed by atoms with Gasteiger partial charge in [0.2, 0.25) is 0 Å². The standard InChI is InChI=1S/C16H23FN2O2/c1-11-5-6-13(8-15(11)17)10-19-16(21)18-9-12-3-2-4-14(20)7-12/h5-6,8,12,14,20H,2-4,7,9-10H2,1H3,(H2,18,19,21). The number of nitrogens with one attached hydrogen (secondary N) is 2. The normalized spacial score (nSPS) is 21.9. The van der Waals surface area contributed by atoms with E-state index in [9.17, 15) is 14.3 Å². The van der Waals surface area contributed by atoms with Crippen molar-refractivity contribution in [2.75, 3.05) is 6.54 Å². The highest BCUT2D eigenvalue weighted by molar-refractivity contribution is 5.73. The van der Waals surface area contributed by atoms with E-state index in [0.29, 0.717) is 24.6 Å². The van der Waals surface area contributed by atoms with Gasteiger partial charge in [0.15, 0.2) is 0 Å². The molecule has 0 radical (unpaired) electrons. The average molecular weight is 294 g/mol. The van der Waals surface area contributed by atoms with Gasteiger partial charge in [0.05, 0.1) is 6.10 Å². The minimum absolute atomic E-state index is 0.232. The number of halogens is 1. The van der Waals surface area contributed by atoms with Gasteiger partial charge in [-0.3, -0.25) is 0 Å². The highest BCUT2D eigenvalue weighted by Gasteiger charge is 2.20. The Kier molecular flexibility index (Phi) is 5.56. The molecule has 1 aromatic carbocycles. The summed E-state index contributed by atoms with van der Waals surface area (Å²) in [5.74, 6) is 0.0854. The summed E-state index contributed by atoms with van der Waals surface area (Å²) in [6.07, 6.45) is 3.44. The van der Waals surface area contributed by atoms with Crippen LogP contribution in [0.4, 0.5) is 9.18 Å². The highest BCUT2D eigenvalue weighted by Crippen LogP contribution is 2.23. The Hall–Kier alpha value is -1.62. The second-order valence-corrected chi connectivity index (χ2v) is 5.83. The fourth-order valence-electron chi connectivity index (χ4n) is 2.68. The molecule has 1 aliphatic carbocycles. The molecule has 2 unspecified atom stereocenters. The fraction of sp³-hybridized carbons (Fsp3) is 0.562. The van der Waals surface area contributed by atoms with Crippen LogP contribution >= 0.6 is 0 Å². The van der Waals surface area contributed by atoms with Crippen LogP contribution in [0.5, 0.6) is 0 Å². The molecule has 0 aliphatic heterocycles. The number of aryl methyl sites for hydroxylation is 1. The summed E-state index contributed by atoms with van der Waals surface area (Å²) in [5.41, 5.74) is 1.33. The number of carbonyl (C=O) groups excluding carboxylic acids is 1. The number of benzene rings is 1. The van der Waals surface area contributed by atoms with Crippen LogP contribution in [0.25, 0.3) is 0 Å². The summed E-state index contributed by atoms with van der Waals surface area (Å²) in [6.45, 7) is 2.58. The first kappa shape index (κ1) is 15.8. The zero-order chi connectivity index (χ0) is 15.2. The number of hydrogen-bond acceptors (Lipinski definition) is 2. The van der Waals surface area contributed by atoms with Gasteiger partial charge in [0.25, 0.3) is 0 Å². The second kappa shape index (κ2) is 7.41. The monoisotopic (exact) mass is 294 g/mol. The van der Waals surface area contributed by atoms with Gasteiger partial charge in [0.1, 0.15) is 5.82 Å². The Morgan fingerprint density at radius 3 is 2.90 bits per heavy atom. The lowest BCUT2D eigenvalue weighted by Gasteiger charge is -2.25. The summed E-state index contributed by atoms with van der Waals surface area (Å²) in [5, 5.41) is 15.1. The van der Waals surface area contributed by atoms with E-state index >= 15 is 0 Å². The minimum atomic E-state index is -0.258. The molecule has 116 valence electrons. The maximum atomic E-state index is 13.4. The number of rotatable bonds is 4. The quantitative estimate of drug-likeness (QED) is 0.799. The predicted octanol–water partition coefficient (Wildman–Crippen LogP) is 2.48. The third-order valence-corrected chi connectivity index (χ3v) is 4.00. The Bertz CT molecular complexity index is 493. The molecule has 1 aliphatic rings. The van der Waals surface area contributed by atoms with E-state index in [1.54, 1.807) is 19.1 Å². The predicted molar refractivity (Wildman–Crippen MR) is 79.3 cm³/mol. The molecule has 3 N–H and O–H groups in total. The van der Waals surface area contributed by atoms with Crippen LogP contribution in [0.15, 0.2) is 18.2 Å². The van der Waals surface area contributed by atoms with Crippen molar-refractivity contribution in [3.05, 3.63) is 35.1 Å². The van der Waals surface area contributed by atoms with Gasteiger partial charge in [-0.2, -0.15) is 0 Å². The average Bonchev–Trinajstić information content (AvgIpc) is 2.46. The summed E-state index contributed by atoms with van der Waals surface area (Å²) in [4.78, 5) is 11.7. The van der Waals surface area contributed by atoms with E-state index in [0.717, 1.165) is 31.2 Å². The Morgan fingerprint density at radius 2 is 2.19 bits per heavy atom. The van der Waals surface area contributed by atoms with E-state index in [-0.39, 0.29) is 18.0 Å². The lowest BCUT2D eigenvalue weighted by molar-refractivity contribution is 0.101. The van der Waals surface area contributed by atoms with Crippen molar-refractivity contribution in [3.63, 3.8) is 0 Å². The molecular weight excluding hydrogens is 271 g/mol. The molecule has 2 atom stereocenters. The topological polar surface area (TPSA) is 61.4 Å². The Labute approximate surface area is 124 Å². The van der Waals surface area contributed by atoms with Crippen LogP contribution in [0, 0.1) is 18.7 Å². The number of aliphatic hydroxyl groups excluding tert-OH is 1. The number of urea groups is 1. The van der Waals surface area contributed by atoms with Crippen molar-refractivity contribution in [2.45, 2.75) is 45.3 Å². The smallest absolute Gasteiger partial charge is 0.315 e. The molecule has 1 fully saturated rings.